The van der Waals surface area contributed by atoms with Crippen molar-refractivity contribution in [3.05, 3.63) is 64.8 Å². The average Bonchev–Trinajstić information content (AvgIpc) is 2.72. The van der Waals surface area contributed by atoms with Gasteiger partial charge in [0.05, 0.1) is 9.79 Å². The Morgan fingerprint density at radius 1 is 0.652 bits per heavy atom. The van der Waals surface area contributed by atoms with Crippen LogP contribution in [0.1, 0.15) is 0 Å². The van der Waals surface area contributed by atoms with E-state index < -0.39 is 20.0 Å². The van der Waals surface area contributed by atoms with Crippen LogP contribution >= 0.6 is 0 Å². The first kappa shape index (κ1) is 14.4. The van der Waals surface area contributed by atoms with Crippen molar-refractivity contribution in [2.75, 3.05) is 0 Å². The van der Waals surface area contributed by atoms with E-state index in [4.69, 9.17) is 0 Å². The Morgan fingerprint density at radius 3 is 2.13 bits per heavy atom. The molecule has 0 unspecified atom stereocenters. The Balaban J connectivity index is 2.16. The smallest absolute Gasteiger partial charge is 0.114 e. The van der Waals surface area contributed by atoms with Crippen LogP contribution in [0.25, 0.3) is 26.0 Å². The van der Waals surface area contributed by atoms with E-state index in [-0.39, 0.29) is 9.79 Å². The van der Waals surface area contributed by atoms with Crippen molar-refractivity contribution in [2.24, 2.45) is 0 Å². The topological polar surface area (TPSA) is 82.4 Å². The first-order valence-corrected chi connectivity index (χ1v) is 9.64. The predicted molar refractivity (Wildman–Crippen MR) is 87.1 cm³/mol. The molecule has 116 valence electrons. The second-order valence-electron chi connectivity index (χ2n) is 5.18. The third kappa shape index (κ3) is 2.08. The molecule has 23 heavy (non-hydrogen) atoms. The van der Waals surface area contributed by atoms with Crippen LogP contribution in [-0.4, -0.2) is 16.8 Å². The Hall–Kier alpha value is -2.22. The van der Waals surface area contributed by atoms with Crippen LogP contribution in [-0.2, 0) is 20.0 Å². The van der Waals surface area contributed by atoms with Gasteiger partial charge in [0, 0.05) is 5.56 Å². The van der Waals surface area contributed by atoms with Crippen molar-refractivity contribution in [3.63, 3.8) is 0 Å². The van der Waals surface area contributed by atoms with Crippen molar-refractivity contribution in [2.45, 2.75) is 9.79 Å². The maximum Gasteiger partial charge on any atom is 0.114 e. The second-order valence-corrected chi connectivity index (χ2v) is 8.53. The summed E-state index contributed by atoms with van der Waals surface area (Å²) in [6.45, 7) is 0. The molecular weight excluding hydrogens is 334 g/mol. The molecule has 1 aliphatic rings. The van der Waals surface area contributed by atoms with Gasteiger partial charge in [-0.2, -0.15) is 0 Å². The summed E-state index contributed by atoms with van der Waals surface area (Å²) >= 11 is 0. The molecule has 3 aromatic rings. The van der Waals surface area contributed by atoms with Gasteiger partial charge in [0.1, 0.15) is 20.0 Å². The van der Waals surface area contributed by atoms with E-state index >= 15 is 0 Å². The average molecular weight is 344 g/mol. The van der Waals surface area contributed by atoms with Crippen LogP contribution < -0.4 is 0 Å². The molecule has 0 spiro atoms. The van der Waals surface area contributed by atoms with E-state index in [1.165, 1.54) is 12.1 Å². The number of hydrogen-bond acceptors (Lipinski definition) is 4. The van der Waals surface area contributed by atoms with Gasteiger partial charge in [-0.15, -0.1) is 0 Å². The molecule has 0 amide bonds. The predicted octanol–water partition coefficient (Wildman–Crippen LogP) is 3.27. The minimum atomic E-state index is -4.22. The summed E-state index contributed by atoms with van der Waals surface area (Å²) in [6.07, 6.45) is 0. The van der Waals surface area contributed by atoms with Gasteiger partial charge in [-0.05, 0) is 22.4 Å². The lowest BCUT2D eigenvalue weighted by Crippen LogP contribution is -1.96. The largest absolute Gasteiger partial charge is 0.427 e. The monoisotopic (exact) mass is 344 g/mol. The molecular formula is C16H10NO4S2-. The normalized spacial score (nSPS) is 17.9. The number of sulfonamides is 2. The highest BCUT2D eigenvalue weighted by atomic mass is 32.3. The van der Waals surface area contributed by atoms with Crippen LogP contribution in [0.4, 0.5) is 0 Å². The van der Waals surface area contributed by atoms with Crippen LogP contribution in [0.15, 0.2) is 70.5 Å². The van der Waals surface area contributed by atoms with Crippen molar-refractivity contribution in [1.82, 2.24) is 0 Å². The molecule has 1 heterocycles. The maximum atomic E-state index is 12.3. The summed E-state index contributed by atoms with van der Waals surface area (Å²) in [4.78, 5) is -0.501. The van der Waals surface area contributed by atoms with E-state index in [1.807, 2.05) is 36.4 Å². The van der Waals surface area contributed by atoms with Gasteiger partial charge < -0.3 is 4.13 Å². The van der Waals surface area contributed by atoms with Crippen LogP contribution in [0.5, 0.6) is 0 Å². The number of fused-ring (bicyclic) bond motifs is 2. The van der Waals surface area contributed by atoms with Gasteiger partial charge in [0.15, 0.2) is 0 Å². The molecule has 0 bridgehead atoms. The van der Waals surface area contributed by atoms with Gasteiger partial charge in [0.25, 0.3) is 0 Å². The molecule has 0 N–H and O–H groups in total. The first-order chi connectivity index (χ1) is 10.9. The number of rotatable bonds is 1. The second kappa shape index (κ2) is 4.64. The van der Waals surface area contributed by atoms with Crippen LogP contribution in [0.3, 0.4) is 0 Å². The Bertz CT molecular complexity index is 1160. The number of nitrogens with zero attached hydrogens (tertiary/aromatic N) is 1. The summed E-state index contributed by atoms with van der Waals surface area (Å²) in [5, 5.41) is 1.79. The maximum absolute atomic E-state index is 12.3. The summed E-state index contributed by atoms with van der Waals surface area (Å²) in [5.41, 5.74) is 1.01. The summed E-state index contributed by atoms with van der Waals surface area (Å²) in [5.74, 6) is 0. The Morgan fingerprint density at radius 2 is 1.30 bits per heavy atom. The Labute approximate surface area is 133 Å². The molecule has 0 fully saturated rings. The fourth-order valence-corrected chi connectivity index (χ4v) is 6.52. The molecule has 3 aromatic carbocycles. The highest BCUT2D eigenvalue weighted by molar-refractivity contribution is 8.14. The molecule has 4 rings (SSSR count). The highest BCUT2D eigenvalue weighted by Gasteiger charge is 2.30. The standard InChI is InChI=1S/C16H10NO4S2/c18-22(19)15-10-4-9-14(16(15)23(20,21)17-22)13-8-3-6-11-5-1-2-7-12(11)13/h1-10H/q-1. The molecule has 5 nitrogen and oxygen atoms in total. The summed E-state index contributed by atoms with van der Waals surface area (Å²) in [7, 11) is -8.38. The van der Waals surface area contributed by atoms with Gasteiger partial charge >= 0.3 is 0 Å². The molecule has 0 aromatic heterocycles. The van der Waals surface area contributed by atoms with E-state index in [0.717, 1.165) is 10.8 Å². The minimum Gasteiger partial charge on any atom is -0.427 e. The number of hydrogen-bond donors (Lipinski definition) is 0. The lowest BCUT2D eigenvalue weighted by molar-refractivity contribution is 0.603. The molecule has 0 radical (unpaired) electrons. The van der Waals surface area contributed by atoms with Gasteiger partial charge in [-0.25, -0.2) is 16.8 Å². The number of benzene rings is 3. The van der Waals surface area contributed by atoms with Crippen molar-refractivity contribution >= 4 is 30.8 Å². The van der Waals surface area contributed by atoms with E-state index in [0.29, 0.717) is 11.1 Å². The third-order valence-corrected chi connectivity index (χ3v) is 7.34. The van der Waals surface area contributed by atoms with Gasteiger partial charge in [-0.3, -0.25) is 0 Å². The minimum absolute atomic E-state index is 0.239. The fraction of sp³-hybridized carbons (Fsp3) is 0. The van der Waals surface area contributed by atoms with E-state index in [2.05, 4.69) is 4.13 Å². The zero-order valence-corrected chi connectivity index (χ0v) is 13.3. The molecule has 0 atom stereocenters. The molecule has 0 saturated heterocycles. The highest BCUT2D eigenvalue weighted by Crippen LogP contribution is 2.44. The van der Waals surface area contributed by atoms with Crippen LogP contribution in [0.2, 0.25) is 0 Å². The molecule has 0 aliphatic carbocycles. The van der Waals surface area contributed by atoms with Gasteiger partial charge in [0.2, 0.25) is 0 Å². The van der Waals surface area contributed by atoms with E-state index in [1.54, 1.807) is 12.1 Å². The summed E-state index contributed by atoms with van der Waals surface area (Å²) < 4.78 is 51.5. The third-order valence-electron chi connectivity index (χ3n) is 3.79. The van der Waals surface area contributed by atoms with Crippen LogP contribution in [0, 0.1) is 0 Å². The molecule has 1 aliphatic heterocycles. The zero-order chi connectivity index (χ0) is 16.2. The quantitative estimate of drug-likeness (QED) is 0.678. The SMILES string of the molecule is O=S1(=O)[N-]S(=O)(=O)c2c(-c3cccc4ccccc34)cccc21. The lowest BCUT2D eigenvalue weighted by atomic mass is 9.98. The molecule has 0 saturated carbocycles. The van der Waals surface area contributed by atoms with Crippen molar-refractivity contribution in [1.29, 1.82) is 0 Å². The van der Waals surface area contributed by atoms with E-state index in [9.17, 15) is 16.8 Å². The first-order valence-electron chi connectivity index (χ1n) is 6.76. The fourth-order valence-electron chi connectivity index (χ4n) is 2.86. The Kier molecular flexibility index (Phi) is 2.90. The zero-order valence-electron chi connectivity index (χ0n) is 11.7. The summed E-state index contributed by atoms with van der Waals surface area (Å²) in [6, 6.07) is 17.4. The lowest BCUT2D eigenvalue weighted by Gasteiger charge is -2.12. The van der Waals surface area contributed by atoms with Gasteiger partial charge in [-0.1, -0.05) is 54.6 Å². The van der Waals surface area contributed by atoms with Crippen molar-refractivity contribution in [3.8, 4) is 11.1 Å². The van der Waals surface area contributed by atoms with Crippen molar-refractivity contribution < 1.29 is 16.8 Å². The molecule has 7 heteroatoms.